The van der Waals surface area contributed by atoms with E-state index in [1.807, 2.05) is 0 Å². The van der Waals surface area contributed by atoms with Gasteiger partial charge in [-0.3, -0.25) is 0 Å². The molecular formula is C15H33NO3. The lowest BCUT2D eigenvalue weighted by Crippen LogP contribution is -3.05. The smallest absolute Gasteiger partial charge is 0.207 e. The molecule has 4 nitrogen and oxygen atoms in total. The second-order valence-electron chi connectivity index (χ2n) is 5.20. The monoisotopic (exact) mass is 275 g/mol. The van der Waals surface area contributed by atoms with Gasteiger partial charge in [-0.2, -0.15) is 0 Å². The van der Waals surface area contributed by atoms with Gasteiger partial charge in [0, 0.05) is 13.2 Å². The molecule has 0 aromatic rings. The Morgan fingerprint density at radius 2 is 1.32 bits per heavy atom. The highest BCUT2D eigenvalue weighted by Gasteiger charge is 2.11. The predicted octanol–water partition coefficient (Wildman–Crippen LogP) is 2.52. The van der Waals surface area contributed by atoms with E-state index in [1.165, 1.54) is 38.5 Å². The van der Waals surface area contributed by atoms with Gasteiger partial charge in [0.25, 0.3) is 0 Å². The van der Waals surface area contributed by atoms with Crippen LogP contribution in [-0.4, -0.2) is 33.1 Å². The van der Waals surface area contributed by atoms with E-state index < -0.39 is 0 Å². The molecule has 0 fully saturated rings. The maximum absolute atomic E-state index is 11.2. The molecule has 4 heteroatoms. The first-order valence-electron chi connectivity index (χ1n) is 7.93. The second-order valence-corrected chi connectivity index (χ2v) is 5.20. The predicted molar refractivity (Wildman–Crippen MR) is 79.1 cm³/mol. The summed E-state index contributed by atoms with van der Waals surface area (Å²) >= 11 is 0. The van der Waals surface area contributed by atoms with Crippen molar-refractivity contribution < 1.29 is 14.5 Å². The molecule has 0 spiro atoms. The van der Waals surface area contributed by atoms with Crippen molar-refractivity contribution in [3.63, 3.8) is 0 Å². The number of hydrogen-bond donors (Lipinski definition) is 1. The molecule has 0 saturated carbocycles. The van der Waals surface area contributed by atoms with Crippen molar-refractivity contribution in [1.29, 1.82) is 0 Å². The molecular weight excluding hydrogens is 242 g/mol. The summed E-state index contributed by atoms with van der Waals surface area (Å²) in [4.78, 5) is 0. The Labute approximate surface area is 119 Å². The maximum Gasteiger partial charge on any atom is 0.207 e. The SMILES string of the molecule is CCCCCCOC(C[NH+](C)[O-])OCCCCCC. The van der Waals surface area contributed by atoms with E-state index in [0.29, 0.717) is 19.8 Å². The van der Waals surface area contributed by atoms with E-state index in [1.54, 1.807) is 7.05 Å². The minimum absolute atomic E-state index is 0.132. The van der Waals surface area contributed by atoms with Gasteiger partial charge >= 0.3 is 0 Å². The first-order valence-corrected chi connectivity index (χ1v) is 7.93. The van der Waals surface area contributed by atoms with Crippen LogP contribution in [0.15, 0.2) is 0 Å². The third kappa shape index (κ3) is 14.1. The van der Waals surface area contributed by atoms with Crippen LogP contribution in [-0.2, 0) is 9.47 Å². The lowest BCUT2D eigenvalue weighted by Gasteiger charge is -2.24. The van der Waals surface area contributed by atoms with E-state index in [0.717, 1.165) is 12.8 Å². The van der Waals surface area contributed by atoms with Gasteiger partial charge in [-0.1, -0.05) is 52.4 Å². The largest absolute Gasteiger partial charge is 0.634 e. The Bertz CT molecular complexity index is 163. The van der Waals surface area contributed by atoms with Crippen molar-refractivity contribution in [1.82, 2.24) is 0 Å². The van der Waals surface area contributed by atoms with E-state index >= 15 is 0 Å². The highest BCUT2D eigenvalue weighted by Crippen LogP contribution is 2.04. The van der Waals surface area contributed by atoms with E-state index in [2.05, 4.69) is 13.8 Å². The summed E-state index contributed by atoms with van der Waals surface area (Å²) in [6.07, 6.45) is 9.12. The van der Waals surface area contributed by atoms with Crippen molar-refractivity contribution in [2.75, 3.05) is 26.8 Å². The number of hydroxylamine groups is 2. The fourth-order valence-electron chi connectivity index (χ4n) is 1.89. The normalized spacial score (nSPS) is 13.1. The van der Waals surface area contributed by atoms with Gasteiger partial charge in [0.2, 0.25) is 6.29 Å². The summed E-state index contributed by atoms with van der Waals surface area (Å²) in [7, 11) is 1.59. The van der Waals surface area contributed by atoms with Crippen molar-refractivity contribution in [3.05, 3.63) is 5.21 Å². The number of unbranched alkanes of at least 4 members (excludes halogenated alkanes) is 6. The van der Waals surface area contributed by atoms with Crippen LogP contribution >= 0.6 is 0 Å². The molecule has 0 amide bonds. The van der Waals surface area contributed by atoms with Crippen LogP contribution in [0.25, 0.3) is 0 Å². The van der Waals surface area contributed by atoms with Crippen LogP contribution in [0.2, 0.25) is 0 Å². The Kier molecular flexibility index (Phi) is 14.1. The molecule has 0 aliphatic carbocycles. The summed E-state index contributed by atoms with van der Waals surface area (Å²) in [6.45, 7) is 6.17. The number of likely N-dealkylation sites (N-methyl/N-ethyl adjacent to an activating group) is 1. The summed E-state index contributed by atoms with van der Waals surface area (Å²) in [5.41, 5.74) is 0. The summed E-state index contributed by atoms with van der Waals surface area (Å²) < 4.78 is 11.3. The fourth-order valence-corrected chi connectivity index (χ4v) is 1.89. The Morgan fingerprint density at radius 1 is 0.842 bits per heavy atom. The second kappa shape index (κ2) is 14.3. The minimum atomic E-state index is -0.333. The van der Waals surface area contributed by atoms with Gasteiger partial charge in [0.15, 0.2) is 0 Å². The third-order valence-corrected chi connectivity index (χ3v) is 3.06. The standard InChI is InChI=1S/C15H33NO3/c1-4-6-8-10-12-18-15(14-16(3)17)19-13-11-9-7-5-2/h15-16H,4-14H2,1-3H3. The van der Waals surface area contributed by atoms with Gasteiger partial charge in [-0.15, -0.1) is 0 Å². The van der Waals surface area contributed by atoms with Gasteiger partial charge in [-0.05, 0) is 12.8 Å². The quantitative estimate of drug-likeness (QED) is 0.301. The topological polar surface area (TPSA) is 46.0 Å². The Hall–Kier alpha value is -0.160. The zero-order valence-corrected chi connectivity index (χ0v) is 13.1. The first kappa shape index (κ1) is 18.8. The van der Waals surface area contributed by atoms with Crippen LogP contribution in [0.1, 0.15) is 65.2 Å². The summed E-state index contributed by atoms with van der Waals surface area (Å²) in [6, 6.07) is 0. The minimum Gasteiger partial charge on any atom is -0.634 e. The van der Waals surface area contributed by atoms with E-state index in [-0.39, 0.29) is 11.4 Å². The van der Waals surface area contributed by atoms with Gasteiger partial charge in [0.05, 0.1) is 7.05 Å². The number of hydrogen-bond acceptors (Lipinski definition) is 3. The zero-order valence-electron chi connectivity index (χ0n) is 13.1. The number of rotatable bonds is 14. The Morgan fingerprint density at radius 3 is 1.68 bits per heavy atom. The molecule has 0 saturated heterocycles. The summed E-state index contributed by atoms with van der Waals surface area (Å²) in [5, 5.41) is 11.3. The third-order valence-electron chi connectivity index (χ3n) is 3.06. The lowest BCUT2D eigenvalue weighted by atomic mass is 10.2. The van der Waals surface area contributed by atoms with E-state index in [9.17, 15) is 5.21 Å². The number of ether oxygens (including phenoxy) is 2. The highest BCUT2D eigenvalue weighted by molar-refractivity contribution is 4.46. The fraction of sp³-hybridized carbons (Fsp3) is 1.00. The van der Waals surface area contributed by atoms with Crippen LogP contribution < -0.4 is 5.06 Å². The molecule has 1 N–H and O–H groups in total. The molecule has 0 aromatic heterocycles. The molecule has 0 radical (unpaired) electrons. The highest BCUT2D eigenvalue weighted by atomic mass is 16.7. The van der Waals surface area contributed by atoms with Crippen LogP contribution in [0.4, 0.5) is 0 Å². The zero-order chi connectivity index (χ0) is 14.3. The molecule has 1 unspecified atom stereocenters. The van der Waals surface area contributed by atoms with Crippen LogP contribution in [0.3, 0.4) is 0 Å². The molecule has 0 aliphatic rings. The van der Waals surface area contributed by atoms with E-state index in [4.69, 9.17) is 9.47 Å². The van der Waals surface area contributed by atoms with Gasteiger partial charge in [-0.25, -0.2) is 0 Å². The molecule has 1 atom stereocenters. The lowest BCUT2D eigenvalue weighted by molar-refractivity contribution is -0.833. The molecule has 0 heterocycles. The Balaban J connectivity index is 3.63. The van der Waals surface area contributed by atoms with Gasteiger partial charge in [0.1, 0.15) is 6.54 Å². The summed E-state index contributed by atoms with van der Waals surface area (Å²) in [5.74, 6) is 0. The average Bonchev–Trinajstić information content (AvgIpc) is 2.37. The van der Waals surface area contributed by atoms with Crippen molar-refractivity contribution in [2.45, 2.75) is 71.5 Å². The first-order chi connectivity index (χ1) is 9.20. The van der Waals surface area contributed by atoms with Crippen LogP contribution in [0, 0.1) is 5.21 Å². The average molecular weight is 275 g/mol. The molecule has 0 bridgehead atoms. The van der Waals surface area contributed by atoms with Crippen molar-refractivity contribution in [3.8, 4) is 0 Å². The number of quaternary nitrogens is 1. The molecule has 0 aliphatic heterocycles. The van der Waals surface area contributed by atoms with Gasteiger partial charge < -0.3 is 19.7 Å². The molecule has 116 valence electrons. The molecule has 0 rings (SSSR count). The van der Waals surface area contributed by atoms with Crippen LogP contribution in [0.5, 0.6) is 0 Å². The molecule has 0 aromatic carbocycles. The maximum atomic E-state index is 11.2. The van der Waals surface area contributed by atoms with Crippen molar-refractivity contribution in [2.24, 2.45) is 0 Å². The van der Waals surface area contributed by atoms with Crippen molar-refractivity contribution >= 4 is 0 Å². The molecule has 19 heavy (non-hydrogen) atoms. The number of nitrogens with one attached hydrogen (secondary N) is 1.